The van der Waals surface area contributed by atoms with Crippen molar-refractivity contribution in [1.82, 2.24) is 0 Å². The van der Waals surface area contributed by atoms with Gasteiger partial charge < -0.3 is 9.52 Å². The highest BCUT2D eigenvalue weighted by atomic mass is 16.4. The zero-order valence-electron chi connectivity index (χ0n) is 24.4. The smallest absolute Gasteiger partial charge is 0.371 e. The third-order valence-electron chi connectivity index (χ3n) is 8.67. The molecule has 3 aliphatic rings. The van der Waals surface area contributed by atoms with Crippen molar-refractivity contribution in [2.24, 2.45) is 16.8 Å². The largest absolute Gasteiger partial charge is 0.475 e. The summed E-state index contributed by atoms with van der Waals surface area (Å²) in [7, 11) is 0. The van der Waals surface area contributed by atoms with E-state index in [2.05, 4.69) is 32.1 Å². The van der Waals surface area contributed by atoms with Crippen LogP contribution < -0.4 is 0 Å². The van der Waals surface area contributed by atoms with E-state index in [0.717, 1.165) is 17.7 Å². The van der Waals surface area contributed by atoms with Crippen molar-refractivity contribution in [3.05, 3.63) is 64.3 Å². The minimum atomic E-state index is -1.04. The number of allylic oxidation sites excluding steroid dienone is 6. The van der Waals surface area contributed by atoms with Crippen molar-refractivity contribution < 1.29 is 14.3 Å². The first-order chi connectivity index (χ1) is 19.1. The van der Waals surface area contributed by atoms with Gasteiger partial charge >= 0.3 is 5.97 Å². The number of hydrogen-bond donors (Lipinski definition) is 1. The molecule has 4 heteroatoms. The molecule has 4 rings (SSSR count). The van der Waals surface area contributed by atoms with E-state index in [0.29, 0.717) is 17.6 Å². The average Bonchev–Trinajstić information content (AvgIpc) is 3.58. The Morgan fingerprint density at radius 1 is 0.923 bits per heavy atom. The fourth-order valence-corrected chi connectivity index (χ4v) is 6.54. The summed E-state index contributed by atoms with van der Waals surface area (Å²) >= 11 is 0. The molecule has 1 aliphatic heterocycles. The highest BCUT2D eigenvalue weighted by Crippen LogP contribution is 2.47. The second-order valence-corrected chi connectivity index (χ2v) is 11.7. The van der Waals surface area contributed by atoms with Gasteiger partial charge in [-0.1, -0.05) is 103 Å². The molecule has 1 fully saturated rings. The van der Waals surface area contributed by atoms with E-state index in [4.69, 9.17) is 9.41 Å². The zero-order valence-corrected chi connectivity index (χ0v) is 24.4. The van der Waals surface area contributed by atoms with Crippen LogP contribution in [0.3, 0.4) is 0 Å². The Morgan fingerprint density at radius 3 is 2.31 bits per heavy atom. The second kappa shape index (κ2) is 15.2. The van der Waals surface area contributed by atoms with E-state index in [1.807, 2.05) is 6.08 Å². The molecule has 0 aromatic carbocycles. The second-order valence-electron chi connectivity index (χ2n) is 11.7. The van der Waals surface area contributed by atoms with Gasteiger partial charge in [-0.15, -0.1) is 0 Å². The summed E-state index contributed by atoms with van der Waals surface area (Å²) in [5.74, 6) is 0.580. The lowest BCUT2D eigenvalue weighted by Crippen LogP contribution is -2.20. The molecule has 1 saturated carbocycles. The quantitative estimate of drug-likeness (QED) is 0.203. The molecule has 0 saturated heterocycles. The summed E-state index contributed by atoms with van der Waals surface area (Å²) in [6, 6.07) is 3.23. The standard InChI is InChI=1S/C35H49NO3/c1-3-5-7-9-11-13-16-26-18-15-19-30-32(26)33-27(17-14-12-10-8-6-4-2)20-21-28(34(33)36-30)22-23-29-24-25-31(39-29)35(37)38/h20-27H,3-19H2,1-2H3,(H,37,38). The van der Waals surface area contributed by atoms with Crippen molar-refractivity contribution in [3.63, 3.8) is 0 Å². The van der Waals surface area contributed by atoms with Gasteiger partial charge in [0, 0.05) is 17.2 Å². The highest BCUT2D eigenvalue weighted by molar-refractivity contribution is 6.06. The van der Waals surface area contributed by atoms with Crippen LogP contribution in [0, 0.1) is 11.8 Å². The molecule has 0 spiro atoms. The van der Waals surface area contributed by atoms with Gasteiger partial charge in [-0.25, -0.2) is 4.79 Å². The molecule has 1 N–H and O–H groups in total. The van der Waals surface area contributed by atoms with Gasteiger partial charge in [0.1, 0.15) is 5.76 Å². The molecule has 212 valence electrons. The Balaban J connectivity index is 1.54. The van der Waals surface area contributed by atoms with Gasteiger partial charge in [-0.3, -0.25) is 4.99 Å². The molecule has 1 aromatic heterocycles. The maximum absolute atomic E-state index is 11.2. The predicted octanol–water partition coefficient (Wildman–Crippen LogP) is 10.5. The van der Waals surface area contributed by atoms with E-state index >= 15 is 0 Å². The molecule has 0 radical (unpaired) electrons. The van der Waals surface area contributed by atoms with Crippen LogP contribution in [-0.2, 0) is 0 Å². The lowest BCUT2D eigenvalue weighted by atomic mass is 9.74. The lowest BCUT2D eigenvalue weighted by Gasteiger charge is -2.29. The van der Waals surface area contributed by atoms with E-state index in [1.54, 1.807) is 11.6 Å². The Kier molecular flexibility index (Phi) is 11.5. The number of fused-ring (bicyclic) bond motifs is 2. The summed E-state index contributed by atoms with van der Waals surface area (Å²) in [5.41, 5.74) is 6.71. The fraction of sp³-hybridized carbons (Fsp3) is 0.600. The average molecular weight is 532 g/mol. The third-order valence-corrected chi connectivity index (χ3v) is 8.67. The molecule has 0 bridgehead atoms. The van der Waals surface area contributed by atoms with Crippen LogP contribution in [-0.4, -0.2) is 16.8 Å². The summed E-state index contributed by atoms with van der Waals surface area (Å²) < 4.78 is 5.47. The Hall–Kier alpha value is -2.62. The molecule has 1 aromatic rings. The van der Waals surface area contributed by atoms with Crippen molar-refractivity contribution in [2.75, 3.05) is 0 Å². The van der Waals surface area contributed by atoms with Gasteiger partial charge in [-0.05, 0) is 73.5 Å². The minimum Gasteiger partial charge on any atom is -0.475 e. The molecule has 2 aliphatic carbocycles. The summed E-state index contributed by atoms with van der Waals surface area (Å²) in [6.45, 7) is 4.56. The molecule has 2 atom stereocenters. The van der Waals surface area contributed by atoms with Gasteiger partial charge in [-0.2, -0.15) is 0 Å². The Morgan fingerprint density at radius 2 is 1.62 bits per heavy atom. The van der Waals surface area contributed by atoms with Gasteiger partial charge in [0.15, 0.2) is 0 Å². The number of aliphatic imine (C=N–C) groups is 1. The summed E-state index contributed by atoms with van der Waals surface area (Å²) in [4.78, 5) is 16.5. The van der Waals surface area contributed by atoms with Crippen LogP contribution in [0.4, 0.5) is 0 Å². The van der Waals surface area contributed by atoms with Gasteiger partial charge in [0.05, 0.1) is 5.70 Å². The molecule has 39 heavy (non-hydrogen) atoms. The minimum absolute atomic E-state index is 0.0297. The highest BCUT2D eigenvalue weighted by Gasteiger charge is 2.36. The first-order valence-corrected chi connectivity index (χ1v) is 15.9. The van der Waals surface area contributed by atoms with Crippen LogP contribution in [0.15, 0.2) is 62.2 Å². The van der Waals surface area contributed by atoms with Crippen LogP contribution in [0.25, 0.3) is 6.08 Å². The first-order valence-electron chi connectivity index (χ1n) is 15.9. The predicted molar refractivity (Wildman–Crippen MR) is 162 cm³/mol. The van der Waals surface area contributed by atoms with Crippen molar-refractivity contribution in [3.8, 4) is 0 Å². The van der Waals surface area contributed by atoms with Crippen molar-refractivity contribution in [2.45, 2.75) is 123 Å². The lowest BCUT2D eigenvalue weighted by molar-refractivity contribution is 0.0662. The number of unbranched alkanes of at least 4 members (excludes halogenated alkanes) is 10. The summed E-state index contributed by atoms with van der Waals surface area (Å²) in [6.07, 6.45) is 30.7. The van der Waals surface area contributed by atoms with E-state index in [9.17, 15) is 9.90 Å². The maximum atomic E-state index is 11.2. The number of hydrogen-bond acceptors (Lipinski definition) is 3. The van der Waals surface area contributed by atoms with E-state index in [1.165, 1.54) is 120 Å². The number of carboxylic acid groups (broad SMARTS) is 1. The van der Waals surface area contributed by atoms with E-state index < -0.39 is 5.97 Å². The number of carbonyl (C=O) groups is 1. The Labute approximate surface area is 236 Å². The number of carboxylic acids is 1. The summed E-state index contributed by atoms with van der Waals surface area (Å²) in [5, 5.41) is 9.20. The number of furan rings is 1. The maximum Gasteiger partial charge on any atom is 0.371 e. The molecule has 2 heterocycles. The monoisotopic (exact) mass is 531 g/mol. The zero-order chi connectivity index (χ0) is 27.5. The van der Waals surface area contributed by atoms with Gasteiger partial charge in [0.2, 0.25) is 5.76 Å². The van der Waals surface area contributed by atoms with Crippen LogP contribution in [0.5, 0.6) is 0 Å². The first kappa shape index (κ1) is 29.4. The fourth-order valence-electron chi connectivity index (χ4n) is 6.54. The molecule has 0 amide bonds. The van der Waals surface area contributed by atoms with E-state index in [-0.39, 0.29) is 5.76 Å². The van der Waals surface area contributed by atoms with Crippen molar-refractivity contribution in [1.29, 1.82) is 0 Å². The van der Waals surface area contributed by atoms with Crippen LogP contribution in [0.2, 0.25) is 0 Å². The topological polar surface area (TPSA) is 62.8 Å². The molecule has 2 unspecified atom stereocenters. The number of nitrogens with zero attached hydrogens (tertiary/aromatic N) is 1. The van der Waals surface area contributed by atoms with Gasteiger partial charge in [0.25, 0.3) is 0 Å². The van der Waals surface area contributed by atoms with Crippen molar-refractivity contribution >= 4 is 17.8 Å². The van der Waals surface area contributed by atoms with Crippen LogP contribution in [0.1, 0.15) is 139 Å². The van der Waals surface area contributed by atoms with Crippen LogP contribution >= 0.6 is 0 Å². The molecular formula is C35H49NO3. The number of rotatable bonds is 17. The normalized spacial score (nSPS) is 20.6. The third kappa shape index (κ3) is 7.96. The SMILES string of the molecule is CCCCCCCCC1C=CC(C=Cc2ccc(C(=O)O)o2)=C2N=C3CCCC(CCCCCCCC)C3=C21. The molecule has 4 nitrogen and oxygen atoms in total. The number of aromatic carboxylic acids is 1. The Bertz CT molecular complexity index is 1110. The molecular weight excluding hydrogens is 482 g/mol.